The number of hydrogen-bond acceptors (Lipinski definition) is 9. The number of nitrogens with zero attached hydrogens (tertiary/aromatic N) is 8. The average Bonchev–Trinajstić information content (AvgIpc) is 3.86. The maximum Gasteiger partial charge on any atom is 0.236 e. The van der Waals surface area contributed by atoms with Gasteiger partial charge >= 0.3 is 0 Å². The third-order valence-corrected chi connectivity index (χ3v) is 11.3. The number of anilines is 3. The van der Waals surface area contributed by atoms with E-state index < -0.39 is 17.0 Å². The number of nitrogens with one attached hydrogen (secondary N) is 2. The number of rotatable bonds is 9. The van der Waals surface area contributed by atoms with Gasteiger partial charge in [-0.1, -0.05) is 12.1 Å². The number of fused-ring (bicyclic) bond motifs is 1. The van der Waals surface area contributed by atoms with Gasteiger partial charge < -0.3 is 15.1 Å². The van der Waals surface area contributed by atoms with Gasteiger partial charge in [0.25, 0.3) is 0 Å². The summed E-state index contributed by atoms with van der Waals surface area (Å²) in [5.41, 5.74) is 3.87. The second-order valence-corrected chi connectivity index (χ2v) is 14.7. The zero-order valence-electron chi connectivity index (χ0n) is 30.1. The molecule has 0 spiro atoms. The van der Waals surface area contributed by atoms with Crippen molar-refractivity contribution in [3.8, 4) is 11.3 Å². The number of carbonyl (C=O) groups is 2. The van der Waals surface area contributed by atoms with Crippen LogP contribution in [0.1, 0.15) is 49.8 Å². The first-order valence-corrected chi connectivity index (χ1v) is 18.4. The fourth-order valence-corrected chi connectivity index (χ4v) is 7.84. The maximum atomic E-state index is 14.7. The lowest BCUT2D eigenvalue weighted by Crippen LogP contribution is -2.50. The third-order valence-electron chi connectivity index (χ3n) is 11.3. The van der Waals surface area contributed by atoms with Crippen LogP contribution >= 0.6 is 0 Å². The van der Waals surface area contributed by atoms with E-state index in [1.54, 1.807) is 36.1 Å². The Morgan fingerprint density at radius 2 is 1.66 bits per heavy atom. The Morgan fingerprint density at radius 3 is 2.40 bits per heavy atom. The lowest BCUT2D eigenvalue weighted by atomic mass is 9.75. The van der Waals surface area contributed by atoms with E-state index in [9.17, 15) is 18.4 Å². The van der Waals surface area contributed by atoms with Gasteiger partial charge in [0.2, 0.25) is 11.8 Å². The van der Waals surface area contributed by atoms with Gasteiger partial charge in [0.05, 0.1) is 35.2 Å². The summed E-state index contributed by atoms with van der Waals surface area (Å²) in [4.78, 5) is 40.7. The molecular weight excluding hydrogens is 678 g/mol. The van der Waals surface area contributed by atoms with Crippen molar-refractivity contribution >= 4 is 34.7 Å². The summed E-state index contributed by atoms with van der Waals surface area (Å²) in [5.74, 6) is -1.12. The molecule has 2 N–H and O–H groups in total. The SMILES string of the molecule is Cc1cc(-c2cnc(Nc3cnn(C4CCN(CCN5CCN(c6ccc([C@@]7(C)CCC(=O)NC7=O)cc6)CC5)CC4)c3)c3nccn23)c(F)cc1F. The molecule has 0 saturated carbocycles. The molecule has 0 unspecified atom stereocenters. The highest BCUT2D eigenvalue weighted by Gasteiger charge is 2.40. The van der Waals surface area contributed by atoms with Crippen molar-refractivity contribution in [3.63, 3.8) is 0 Å². The van der Waals surface area contributed by atoms with Gasteiger partial charge in [0, 0.05) is 94.7 Å². The predicted octanol–water partition coefficient (Wildman–Crippen LogP) is 5.08. The monoisotopic (exact) mass is 722 g/mol. The molecule has 2 amide bonds. The van der Waals surface area contributed by atoms with Gasteiger partial charge in [-0.05, 0) is 62.4 Å². The molecule has 0 bridgehead atoms. The lowest BCUT2D eigenvalue weighted by Gasteiger charge is -2.38. The number of imide groups is 1. The molecule has 276 valence electrons. The van der Waals surface area contributed by atoms with Gasteiger partial charge in [0.15, 0.2) is 11.5 Å². The number of piperidine rings is 2. The Kier molecular flexibility index (Phi) is 9.41. The number of likely N-dealkylation sites (tertiary alicyclic amines) is 1. The minimum Gasteiger partial charge on any atom is -0.369 e. The van der Waals surface area contributed by atoms with E-state index in [1.165, 1.54) is 11.8 Å². The minimum absolute atomic E-state index is 0.193. The van der Waals surface area contributed by atoms with E-state index in [0.29, 0.717) is 41.6 Å². The van der Waals surface area contributed by atoms with E-state index in [-0.39, 0.29) is 17.4 Å². The number of piperazine rings is 1. The third kappa shape index (κ3) is 7.00. The summed E-state index contributed by atoms with van der Waals surface area (Å²) >= 11 is 0. The van der Waals surface area contributed by atoms with Crippen LogP contribution in [0.3, 0.4) is 0 Å². The molecule has 3 aliphatic heterocycles. The molecule has 2 aromatic carbocycles. The highest BCUT2D eigenvalue weighted by atomic mass is 19.1. The number of benzene rings is 2. The lowest BCUT2D eigenvalue weighted by molar-refractivity contribution is -0.137. The molecule has 53 heavy (non-hydrogen) atoms. The molecule has 12 nitrogen and oxygen atoms in total. The van der Waals surface area contributed by atoms with E-state index in [2.05, 4.69) is 52.5 Å². The van der Waals surface area contributed by atoms with Crippen molar-refractivity contribution in [2.75, 3.05) is 62.6 Å². The number of aryl methyl sites for hydroxylation is 1. The van der Waals surface area contributed by atoms with E-state index >= 15 is 0 Å². The normalized spacial score (nSPS) is 20.6. The highest BCUT2D eigenvalue weighted by Crippen LogP contribution is 2.34. The molecule has 3 aromatic heterocycles. The van der Waals surface area contributed by atoms with E-state index in [1.807, 2.05) is 29.9 Å². The number of amides is 2. The standard InChI is InChI=1S/C39H44F2N10O2/c1-26-21-31(33(41)22-32(26)40)34-24-43-36(37-42-11-14-50(34)37)45-28-23-44-51(25-28)30-8-12-47(13-9-30)15-16-48-17-19-49(20-18-48)29-5-3-27(4-6-29)39(2)10-7-35(52)46-38(39)53/h3-6,11,14,21-25,30H,7-10,12-13,15-20H2,1-2H3,(H,43,45)(H,46,52,53)/t39-/m1/s1. The van der Waals surface area contributed by atoms with Crippen LogP contribution in [-0.4, -0.2) is 98.1 Å². The van der Waals surface area contributed by atoms with Gasteiger partial charge in [-0.15, -0.1) is 0 Å². The van der Waals surface area contributed by atoms with Crippen molar-refractivity contribution in [3.05, 3.63) is 90.1 Å². The summed E-state index contributed by atoms with van der Waals surface area (Å²) in [6.07, 6.45) is 11.7. The molecule has 0 radical (unpaired) electrons. The van der Waals surface area contributed by atoms with E-state index in [0.717, 1.165) is 82.5 Å². The zero-order valence-corrected chi connectivity index (χ0v) is 30.1. The van der Waals surface area contributed by atoms with Crippen LogP contribution < -0.4 is 15.5 Å². The van der Waals surface area contributed by atoms with Crippen molar-refractivity contribution in [2.24, 2.45) is 0 Å². The van der Waals surface area contributed by atoms with Crippen LogP contribution in [0.5, 0.6) is 0 Å². The summed E-state index contributed by atoms with van der Waals surface area (Å²) in [6.45, 7) is 11.6. The van der Waals surface area contributed by atoms with Crippen molar-refractivity contribution in [2.45, 2.75) is 51.0 Å². The molecule has 1 atom stereocenters. The summed E-state index contributed by atoms with van der Waals surface area (Å²) in [7, 11) is 0. The zero-order chi connectivity index (χ0) is 36.7. The first kappa shape index (κ1) is 34.9. The number of halogens is 2. The van der Waals surface area contributed by atoms with Crippen LogP contribution in [0, 0.1) is 18.6 Å². The molecule has 5 aromatic rings. The second kappa shape index (κ2) is 14.3. The first-order chi connectivity index (χ1) is 25.6. The number of carbonyl (C=O) groups excluding carboxylic acids is 2. The molecule has 0 aliphatic carbocycles. The molecule has 8 rings (SSSR count). The predicted molar refractivity (Wildman–Crippen MR) is 198 cm³/mol. The van der Waals surface area contributed by atoms with Gasteiger partial charge in [0.1, 0.15) is 11.6 Å². The summed E-state index contributed by atoms with van der Waals surface area (Å²) < 4.78 is 32.4. The first-order valence-electron chi connectivity index (χ1n) is 18.4. The van der Waals surface area contributed by atoms with Gasteiger partial charge in [-0.3, -0.25) is 28.9 Å². The van der Waals surface area contributed by atoms with Gasteiger partial charge in [-0.25, -0.2) is 18.7 Å². The topological polar surface area (TPSA) is 116 Å². The Balaban J connectivity index is 0.800. The van der Waals surface area contributed by atoms with Crippen LogP contribution in [-0.2, 0) is 15.0 Å². The molecular formula is C39H44F2N10O2. The second-order valence-electron chi connectivity index (χ2n) is 14.7. The fraction of sp³-hybridized carbons (Fsp3) is 0.410. The number of imidazole rings is 1. The van der Waals surface area contributed by atoms with Crippen molar-refractivity contribution in [1.29, 1.82) is 0 Å². The van der Waals surface area contributed by atoms with Crippen molar-refractivity contribution < 1.29 is 18.4 Å². The van der Waals surface area contributed by atoms with Crippen LogP contribution in [0.4, 0.5) is 26.0 Å². The molecule has 3 aliphatic rings. The maximum absolute atomic E-state index is 14.7. The highest BCUT2D eigenvalue weighted by molar-refractivity contribution is 6.03. The Morgan fingerprint density at radius 1 is 0.925 bits per heavy atom. The van der Waals surface area contributed by atoms with Gasteiger partial charge in [-0.2, -0.15) is 5.10 Å². The van der Waals surface area contributed by atoms with Crippen molar-refractivity contribution in [1.82, 2.24) is 39.3 Å². The Hall–Kier alpha value is -5.21. The van der Waals surface area contributed by atoms with Crippen LogP contribution in [0.15, 0.2) is 67.4 Å². The Labute approximate surface area is 306 Å². The number of hydrogen-bond donors (Lipinski definition) is 2. The van der Waals surface area contributed by atoms with Crippen LogP contribution in [0.2, 0.25) is 0 Å². The van der Waals surface area contributed by atoms with E-state index in [4.69, 9.17) is 0 Å². The molecule has 3 fully saturated rings. The summed E-state index contributed by atoms with van der Waals surface area (Å²) in [6, 6.07) is 11.0. The fourth-order valence-electron chi connectivity index (χ4n) is 7.84. The smallest absolute Gasteiger partial charge is 0.236 e. The minimum atomic E-state index is -0.670. The summed E-state index contributed by atoms with van der Waals surface area (Å²) in [5, 5.41) is 10.5. The average molecular weight is 723 g/mol. The largest absolute Gasteiger partial charge is 0.369 e. The Bertz CT molecular complexity index is 2130. The number of aromatic nitrogens is 5. The molecule has 14 heteroatoms. The molecule has 6 heterocycles. The quantitative estimate of drug-likeness (QED) is 0.201. The molecule has 3 saturated heterocycles. The van der Waals surface area contributed by atoms with Crippen LogP contribution in [0.25, 0.3) is 16.9 Å².